The van der Waals surface area contributed by atoms with Crippen LogP contribution in [0.25, 0.3) is 0 Å². The lowest BCUT2D eigenvalue weighted by Crippen LogP contribution is -2.37. The van der Waals surface area contributed by atoms with E-state index in [4.69, 9.17) is 11.6 Å². The van der Waals surface area contributed by atoms with Gasteiger partial charge in [0.05, 0.1) is 16.9 Å². The molecule has 19 heavy (non-hydrogen) atoms. The molecule has 3 nitrogen and oxygen atoms in total. The van der Waals surface area contributed by atoms with Crippen LogP contribution in [-0.4, -0.2) is 14.9 Å². The third-order valence-corrected chi connectivity index (χ3v) is 4.85. The fraction of sp³-hybridized carbons (Fsp3) is 0.800. The second kappa shape index (κ2) is 5.10. The fourth-order valence-electron chi connectivity index (χ4n) is 3.26. The maximum absolute atomic E-state index is 11.0. The monoisotopic (exact) mass is 284 g/mol. The van der Waals surface area contributed by atoms with Crippen LogP contribution in [0.3, 0.4) is 0 Å². The van der Waals surface area contributed by atoms with Crippen molar-refractivity contribution in [1.29, 1.82) is 0 Å². The number of aryl methyl sites for hydroxylation is 1. The molecule has 0 unspecified atom stereocenters. The van der Waals surface area contributed by atoms with Gasteiger partial charge < -0.3 is 5.11 Å². The van der Waals surface area contributed by atoms with Crippen molar-refractivity contribution in [3.05, 3.63) is 16.9 Å². The first-order chi connectivity index (χ1) is 8.78. The summed E-state index contributed by atoms with van der Waals surface area (Å²) in [5.41, 5.74) is 0.325. The number of rotatable bonds is 2. The van der Waals surface area contributed by atoms with Crippen molar-refractivity contribution >= 4 is 11.6 Å². The molecule has 4 heteroatoms. The molecule has 108 valence electrons. The number of aliphatic hydroxyl groups is 1. The van der Waals surface area contributed by atoms with Crippen LogP contribution in [0.2, 0.25) is 5.02 Å². The summed E-state index contributed by atoms with van der Waals surface area (Å²) in [6.45, 7) is 9.62. The van der Waals surface area contributed by atoms with E-state index in [0.717, 1.165) is 37.9 Å². The molecule has 1 aliphatic rings. The van der Waals surface area contributed by atoms with E-state index < -0.39 is 5.60 Å². The molecule has 0 spiro atoms. The van der Waals surface area contributed by atoms with Gasteiger partial charge in [0.15, 0.2) is 0 Å². The smallest absolute Gasteiger partial charge is 0.108 e. The SMILES string of the molecule is CCn1ncc(Cl)c1C1(O)CCC(C(C)(C)C)CC1. The van der Waals surface area contributed by atoms with E-state index >= 15 is 0 Å². The average molecular weight is 285 g/mol. The fourth-order valence-corrected chi connectivity index (χ4v) is 3.58. The largest absolute Gasteiger partial charge is 0.384 e. The minimum Gasteiger partial charge on any atom is -0.384 e. The number of nitrogens with zero attached hydrogens (tertiary/aromatic N) is 2. The Morgan fingerprint density at radius 2 is 2.00 bits per heavy atom. The molecule has 0 bridgehead atoms. The van der Waals surface area contributed by atoms with Gasteiger partial charge in [0.25, 0.3) is 0 Å². The summed E-state index contributed by atoms with van der Waals surface area (Å²) in [4.78, 5) is 0. The predicted molar refractivity (Wildman–Crippen MR) is 78.2 cm³/mol. The van der Waals surface area contributed by atoms with E-state index in [1.165, 1.54) is 0 Å². The maximum Gasteiger partial charge on any atom is 0.108 e. The first-order valence-corrected chi connectivity index (χ1v) is 7.60. The first-order valence-electron chi connectivity index (χ1n) is 7.22. The highest BCUT2D eigenvalue weighted by atomic mass is 35.5. The van der Waals surface area contributed by atoms with Gasteiger partial charge in [0.1, 0.15) is 5.60 Å². The zero-order valence-electron chi connectivity index (χ0n) is 12.4. The minimum atomic E-state index is -0.800. The van der Waals surface area contributed by atoms with Crippen molar-refractivity contribution in [2.24, 2.45) is 11.3 Å². The zero-order valence-corrected chi connectivity index (χ0v) is 13.2. The van der Waals surface area contributed by atoms with E-state index in [9.17, 15) is 5.11 Å². The standard InChI is InChI=1S/C15H25ClN2O/c1-5-18-13(12(16)10-17-18)15(19)8-6-11(7-9-15)14(2,3)4/h10-11,19H,5-9H2,1-4H3. The van der Waals surface area contributed by atoms with Crippen molar-refractivity contribution in [1.82, 2.24) is 9.78 Å². The van der Waals surface area contributed by atoms with Crippen LogP contribution in [0.5, 0.6) is 0 Å². The Kier molecular flexibility index (Phi) is 3.99. The summed E-state index contributed by atoms with van der Waals surface area (Å²) < 4.78 is 1.83. The average Bonchev–Trinajstić information content (AvgIpc) is 2.70. The van der Waals surface area contributed by atoms with Crippen molar-refractivity contribution in [3.8, 4) is 0 Å². The first kappa shape index (κ1) is 14.9. The van der Waals surface area contributed by atoms with Gasteiger partial charge >= 0.3 is 0 Å². The topological polar surface area (TPSA) is 38.0 Å². The van der Waals surface area contributed by atoms with Crippen molar-refractivity contribution < 1.29 is 5.11 Å². The van der Waals surface area contributed by atoms with Crippen molar-refractivity contribution in [2.45, 2.75) is 65.5 Å². The Balaban J connectivity index is 2.20. The highest BCUT2D eigenvalue weighted by Crippen LogP contribution is 2.46. The Morgan fingerprint density at radius 1 is 1.42 bits per heavy atom. The molecule has 1 heterocycles. The quantitative estimate of drug-likeness (QED) is 0.892. The number of halogens is 1. The van der Waals surface area contributed by atoms with Crippen LogP contribution >= 0.6 is 11.6 Å². The minimum absolute atomic E-state index is 0.316. The van der Waals surface area contributed by atoms with Gasteiger partial charge in [-0.05, 0) is 43.9 Å². The van der Waals surface area contributed by atoms with Gasteiger partial charge in [-0.15, -0.1) is 0 Å². The van der Waals surface area contributed by atoms with Crippen LogP contribution in [0.15, 0.2) is 6.20 Å². The summed E-state index contributed by atoms with van der Waals surface area (Å²) in [5, 5.41) is 15.8. The molecule has 0 radical (unpaired) electrons. The second-order valence-electron chi connectivity index (χ2n) is 6.83. The normalized spacial score (nSPS) is 28.6. The van der Waals surface area contributed by atoms with Gasteiger partial charge in [-0.3, -0.25) is 4.68 Å². The lowest BCUT2D eigenvalue weighted by molar-refractivity contribution is -0.0362. The van der Waals surface area contributed by atoms with E-state index in [1.807, 2.05) is 11.6 Å². The van der Waals surface area contributed by atoms with E-state index in [1.54, 1.807) is 6.20 Å². The Morgan fingerprint density at radius 3 is 2.47 bits per heavy atom. The van der Waals surface area contributed by atoms with Crippen LogP contribution < -0.4 is 0 Å². The third kappa shape index (κ3) is 2.82. The van der Waals surface area contributed by atoms with E-state index in [2.05, 4.69) is 25.9 Å². The Labute approximate surface area is 121 Å². The summed E-state index contributed by atoms with van der Waals surface area (Å²) >= 11 is 6.23. The zero-order chi connectivity index (χ0) is 14.3. The Bertz CT molecular complexity index is 439. The molecule has 1 aliphatic carbocycles. The highest BCUT2D eigenvalue weighted by Gasteiger charge is 2.41. The Hall–Kier alpha value is -0.540. The number of aromatic nitrogens is 2. The molecule has 1 aromatic rings. The van der Waals surface area contributed by atoms with Gasteiger partial charge in [-0.1, -0.05) is 32.4 Å². The van der Waals surface area contributed by atoms with Crippen LogP contribution in [-0.2, 0) is 12.1 Å². The van der Waals surface area contributed by atoms with Gasteiger partial charge in [0, 0.05) is 6.54 Å². The third-order valence-electron chi connectivity index (χ3n) is 4.57. The number of hydrogen-bond acceptors (Lipinski definition) is 2. The maximum atomic E-state index is 11.0. The summed E-state index contributed by atoms with van der Waals surface area (Å²) in [6, 6.07) is 0. The molecule has 1 saturated carbocycles. The summed E-state index contributed by atoms with van der Waals surface area (Å²) in [7, 11) is 0. The molecule has 0 aromatic carbocycles. The van der Waals surface area contributed by atoms with Gasteiger partial charge in [-0.2, -0.15) is 5.10 Å². The molecular formula is C15H25ClN2O. The molecular weight excluding hydrogens is 260 g/mol. The van der Waals surface area contributed by atoms with Crippen LogP contribution in [0.1, 0.15) is 59.1 Å². The predicted octanol–water partition coefficient (Wildman–Crippen LogP) is 3.98. The van der Waals surface area contributed by atoms with Crippen molar-refractivity contribution in [3.63, 3.8) is 0 Å². The summed E-state index contributed by atoms with van der Waals surface area (Å²) in [6.07, 6.45) is 5.30. The molecule has 1 N–H and O–H groups in total. The lowest BCUT2D eigenvalue weighted by Gasteiger charge is -2.41. The van der Waals surface area contributed by atoms with Crippen LogP contribution in [0.4, 0.5) is 0 Å². The summed E-state index contributed by atoms with van der Waals surface area (Å²) in [5.74, 6) is 0.671. The second-order valence-corrected chi connectivity index (χ2v) is 7.24. The molecule has 2 rings (SSSR count). The van der Waals surface area contributed by atoms with E-state index in [-0.39, 0.29) is 0 Å². The lowest BCUT2D eigenvalue weighted by atomic mass is 9.67. The van der Waals surface area contributed by atoms with E-state index in [0.29, 0.717) is 16.4 Å². The molecule has 0 amide bonds. The van der Waals surface area contributed by atoms with Crippen LogP contribution in [0, 0.1) is 11.3 Å². The molecule has 1 aromatic heterocycles. The van der Waals surface area contributed by atoms with Gasteiger partial charge in [0.2, 0.25) is 0 Å². The molecule has 0 aliphatic heterocycles. The highest BCUT2D eigenvalue weighted by molar-refractivity contribution is 6.31. The molecule has 0 atom stereocenters. The molecule has 0 saturated heterocycles. The molecule has 1 fully saturated rings. The van der Waals surface area contributed by atoms with Gasteiger partial charge in [-0.25, -0.2) is 0 Å². The number of hydrogen-bond donors (Lipinski definition) is 1. The van der Waals surface area contributed by atoms with Crippen molar-refractivity contribution in [2.75, 3.05) is 0 Å².